The number of nitrogens with one attached hydrogen (secondary N) is 1. The fourth-order valence-corrected chi connectivity index (χ4v) is 1.48. The summed E-state index contributed by atoms with van der Waals surface area (Å²) in [5.74, 6) is 0.830. The summed E-state index contributed by atoms with van der Waals surface area (Å²) in [6, 6.07) is 1.84. The van der Waals surface area contributed by atoms with E-state index in [1.807, 2.05) is 6.07 Å². The van der Waals surface area contributed by atoms with Crippen molar-refractivity contribution >= 4 is 0 Å². The van der Waals surface area contributed by atoms with E-state index in [0.717, 1.165) is 25.3 Å². The van der Waals surface area contributed by atoms with Crippen molar-refractivity contribution in [2.24, 2.45) is 0 Å². The first-order valence-electron chi connectivity index (χ1n) is 7.27. The highest BCUT2D eigenvalue weighted by Gasteiger charge is 1.95. The Hall–Kier alpha value is -0.950. The van der Waals surface area contributed by atoms with E-state index < -0.39 is 0 Å². The maximum atomic E-state index is 5.42. The Labute approximate surface area is 120 Å². The molecule has 0 amide bonds. The zero-order chi connectivity index (χ0) is 14.3. The molecule has 0 aliphatic heterocycles. The first-order chi connectivity index (χ1) is 9.93. The molecule has 0 bridgehead atoms. The summed E-state index contributed by atoms with van der Waals surface area (Å²) in [7, 11) is 0. The third-order valence-electron chi connectivity index (χ3n) is 2.60. The second kappa shape index (κ2) is 13.1. The van der Waals surface area contributed by atoms with E-state index in [-0.39, 0.29) is 0 Å². The average Bonchev–Trinajstić information content (AvgIpc) is 2.97. The van der Waals surface area contributed by atoms with E-state index in [4.69, 9.17) is 18.7 Å². The summed E-state index contributed by atoms with van der Waals surface area (Å²) in [6.07, 6.45) is 3.92. The predicted octanol–water partition coefficient (Wildman–Crippen LogP) is 1.61. The molecular formula is C14H26N2O4. The SMILES string of the molecule is CCCCOCCOCCOCCNCc1ccno1. The molecule has 116 valence electrons. The number of nitrogens with zero attached hydrogens (tertiary/aromatic N) is 1. The Morgan fingerprint density at radius 1 is 1.05 bits per heavy atom. The summed E-state index contributed by atoms with van der Waals surface area (Å²) in [6.45, 7) is 7.61. The minimum absolute atomic E-state index is 0.610. The van der Waals surface area contributed by atoms with Crippen molar-refractivity contribution in [1.29, 1.82) is 0 Å². The Kier molecular flexibility index (Phi) is 11.2. The first kappa shape index (κ1) is 17.1. The number of hydrogen-bond donors (Lipinski definition) is 1. The van der Waals surface area contributed by atoms with E-state index in [2.05, 4.69) is 17.4 Å². The van der Waals surface area contributed by atoms with Crippen molar-refractivity contribution in [3.63, 3.8) is 0 Å². The lowest BCUT2D eigenvalue weighted by molar-refractivity contribution is 0.0146. The van der Waals surface area contributed by atoms with Crippen LogP contribution in [-0.4, -0.2) is 51.3 Å². The molecular weight excluding hydrogens is 260 g/mol. The quantitative estimate of drug-likeness (QED) is 0.524. The van der Waals surface area contributed by atoms with E-state index >= 15 is 0 Å². The molecule has 0 aliphatic carbocycles. The molecule has 0 saturated carbocycles. The van der Waals surface area contributed by atoms with Crippen LogP contribution < -0.4 is 5.32 Å². The molecule has 6 heteroatoms. The topological polar surface area (TPSA) is 65.8 Å². The molecule has 0 radical (unpaired) electrons. The lowest BCUT2D eigenvalue weighted by Crippen LogP contribution is -2.20. The molecule has 1 rings (SSSR count). The summed E-state index contributed by atoms with van der Waals surface area (Å²) < 4.78 is 21.1. The third-order valence-corrected chi connectivity index (χ3v) is 2.60. The van der Waals surface area contributed by atoms with Gasteiger partial charge in [0.05, 0.1) is 45.8 Å². The first-order valence-corrected chi connectivity index (χ1v) is 7.27. The molecule has 0 atom stereocenters. The fraction of sp³-hybridized carbons (Fsp3) is 0.786. The molecule has 1 aromatic rings. The molecule has 0 unspecified atom stereocenters. The van der Waals surface area contributed by atoms with Crippen LogP contribution in [0.3, 0.4) is 0 Å². The highest BCUT2D eigenvalue weighted by molar-refractivity contribution is 4.91. The lowest BCUT2D eigenvalue weighted by atomic mass is 10.4. The number of ether oxygens (including phenoxy) is 3. The molecule has 0 aromatic carbocycles. The van der Waals surface area contributed by atoms with Crippen LogP contribution in [-0.2, 0) is 20.8 Å². The zero-order valence-electron chi connectivity index (χ0n) is 12.3. The smallest absolute Gasteiger partial charge is 0.150 e. The van der Waals surface area contributed by atoms with Crippen LogP contribution in [0.4, 0.5) is 0 Å². The van der Waals surface area contributed by atoms with Crippen LogP contribution in [0.2, 0.25) is 0 Å². The second-order valence-electron chi connectivity index (χ2n) is 4.35. The Bertz CT molecular complexity index is 293. The maximum Gasteiger partial charge on any atom is 0.150 e. The van der Waals surface area contributed by atoms with Crippen molar-refractivity contribution in [2.45, 2.75) is 26.3 Å². The Morgan fingerprint density at radius 3 is 2.40 bits per heavy atom. The van der Waals surface area contributed by atoms with Gasteiger partial charge in [0, 0.05) is 19.2 Å². The van der Waals surface area contributed by atoms with E-state index in [9.17, 15) is 0 Å². The van der Waals surface area contributed by atoms with Crippen molar-refractivity contribution in [2.75, 3.05) is 46.2 Å². The number of aromatic nitrogens is 1. The van der Waals surface area contributed by atoms with E-state index in [1.165, 1.54) is 6.42 Å². The van der Waals surface area contributed by atoms with Gasteiger partial charge in [0.2, 0.25) is 0 Å². The molecule has 1 N–H and O–H groups in total. The summed E-state index contributed by atoms with van der Waals surface area (Å²) >= 11 is 0. The van der Waals surface area contributed by atoms with Crippen LogP contribution in [0.15, 0.2) is 16.8 Å². The lowest BCUT2D eigenvalue weighted by Gasteiger charge is -2.07. The van der Waals surface area contributed by atoms with Crippen molar-refractivity contribution in [1.82, 2.24) is 10.5 Å². The normalized spacial score (nSPS) is 11.1. The summed E-state index contributed by atoms with van der Waals surface area (Å²) in [5, 5.41) is 6.83. The third kappa shape index (κ3) is 9.91. The van der Waals surface area contributed by atoms with Gasteiger partial charge in [-0.1, -0.05) is 18.5 Å². The van der Waals surface area contributed by atoms with Crippen LogP contribution in [0.25, 0.3) is 0 Å². The van der Waals surface area contributed by atoms with Gasteiger partial charge in [0.15, 0.2) is 0 Å². The summed E-state index contributed by atoms with van der Waals surface area (Å²) in [5.41, 5.74) is 0. The van der Waals surface area contributed by atoms with Gasteiger partial charge in [-0.25, -0.2) is 0 Å². The van der Waals surface area contributed by atoms with Gasteiger partial charge in [-0.2, -0.15) is 0 Å². The molecule has 0 aliphatic rings. The molecule has 0 fully saturated rings. The van der Waals surface area contributed by atoms with E-state index in [0.29, 0.717) is 39.6 Å². The fourth-order valence-electron chi connectivity index (χ4n) is 1.48. The van der Waals surface area contributed by atoms with Crippen LogP contribution in [0.5, 0.6) is 0 Å². The Balaban J connectivity index is 1.70. The monoisotopic (exact) mass is 286 g/mol. The van der Waals surface area contributed by atoms with Crippen LogP contribution >= 0.6 is 0 Å². The van der Waals surface area contributed by atoms with E-state index in [1.54, 1.807) is 6.20 Å². The largest absolute Gasteiger partial charge is 0.379 e. The maximum absolute atomic E-state index is 5.42. The van der Waals surface area contributed by atoms with Gasteiger partial charge >= 0.3 is 0 Å². The number of hydrogen-bond acceptors (Lipinski definition) is 6. The van der Waals surface area contributed by atoms with Crippen molar-refractivity contribution in [3.8, 4) is 0 Å². The van der Waals surface area contributed by atoms with Gasteiger partial charge in [0.1, 0.15) is 5.76 Å². The predicted molar refractivity (Wildman–Crippen MR) is 75.6 cm³/mol. The minimum Gasteiger partial charge on any atom is -0.379 e. The number of rotatable bonds is 14. The van der Waals surface area contributed by atoms with Crippen molar-refractivity contribution < 1.29 is 18.7 Å². The second-order valence-corrected chi connectivity index (χ2v) is 4.35. The van der Waals surface area contributed by atoms with Gasteiger partial charge in [-0.3, -0.25) is 0 Å². The van der Waals surface area contributed by atoms with Crippen LogP contribution in [0.1, 0.15) is 25.5 Å². The van der Waals surface area contributed by atoms with Crippen LogP contribution in [0, 0.1) is 0 Å². The Morgan fingerprint density at radius 2 is 1.75 bits per heavy atom. The molecule has 0 spiro atoms. The molecule has 0 saturated heterocycles. The van der Waals surface area contributed by atoms with Gasteiger partial charge in [-0.15, -0.1) is 0 Å². The highest BCUT2D eigenvalue weighted by Crippen LogP contribution is 1.94. The van der Waals surface area contributed by atoms with Gasteiger partial charge < -0.3 is 24.1 Å². The van der Waals surface area contributed by atoms with Crippen molar-refractivity contribution in [3.05, 3.63) is 18.0 Å². The highest BCUT2D eigenvalue weighted by atomic mass is 16.5. The molecule has 1 heterocycles. The standard InChI is InChI=1S/C14H26N2O4/c1-2-3-7-17-9-11-19-12-10-18-8-6-15-13-14-4-5-16-20-14/h4-5,15H,2-3,6-13H2,1H3. The molecule has 6 nitrogen and oxygen atoms in total. The number of unbranched alkanes of at least 4 members (excludes halogenated alkanes) is 1. The van der Waals surface area contributed by atoms with Gasteiger partial charge in [0.25, 0.3) is 0 Å². The zero-order valence-corrected chi connectivity index (χ0v) is 12.3. The summed E-state index contributed by atoms with van der Waals surface area (Å²) in [4.78, 5) is 0. The molecule has 20 heavy (non-hydrogen) atoms. The van der Waals surface area contributed by atoms with Gasteiger partial charge in [-0.05, 0) is 6.42 Å². The molecule has 1 aromatic heterocycles. The minimum atomic E-state index is 0.610. The average molecular weight is 286 g/mol.